The zero-order chi connectivity index (χ0) is 11.8. The summed E-state index contributed by atoms with van der Waals surface area (Å²) in [5, 5.41) is 0. The van der Waals surface area contributed by atoms with Gasteiger partial charge in [0.2, 0.25) is 0 Å². The molecular formula is C14H19FN2. The van der Waals surface area contributed by atoms with E-state index in [1.54, 1.807) is 6.07 Å². The summed E-state index contributed by atoms with van der Waals surface area (Å²) < 4.78 is 14.0. The second-order valence-electron chi connectivity index (χ2n) is 5.30. The number of halogens is 1. The van der Waals surface area contributed by atoms with E-state index in [-0.39, 0.29) is 5.82 Å². The van der Waals surface area contributed by atoms with Crippen molar-refractivity contribution >= 4 is 11.4 Å². The SMILES string of the molecule is Nc1ccc(N2CCCC3CCCC32)c(F)c1. The van der Waals surface area contributed by atoms with Crippen LogP contribution in [0.3, 0.4) is 0 Å². The van der Waals surface area contributed by atoms with Gasteiger partial charge in [0.15, 0.2) is 0 Å². The average molecular weight is 234 g/mol. The van der Waals surface area contributed by atoms with Gasteiger partial charge < -0.3 is 10.6 Å². The summed E-state index contributed by atoms with van der Waals surface area (Å²) in [4.78, 5) is 2.27. The molecule has 3 heteroatoms. The highest BCUT2D eigenvalue weighted by Crippen LogP contribution is 2.39. The standard InChI is InChI=1S/C14H19FN2/c15-12-9-11(16)6-7-14(12)17-8-2-4-10-3-1-5-13(10)17/h6-7,9-10,13H,1-5,8,16H2. The summed E-state index contributed by atoms with van der Waals surface area (Å²) in [6.45, 7) is 0.988. The van der Waals surface area contributed by atoms with Crippen LogP contribution in [0.5, 0.6) is 0 Å². The van der Waals surface area contributed by atoms with Gasteiger partial charge in [-0.15, -0.1) is 0 Å². The molecule has 0 radical (unpaired) electrons. The number of benzene rings is 1. The van der Waals surface area contributed by atoms with Crippen molar-refractivity contribution < 1.29 is 4.39 Å². The first-order chi connectivity index (χ1) is 8.25. The predicted octanol–water partition coefficient (Wildman–Crippen LogP) is 3.18. The topological polar surface area (TPSA) is 29.3 Å². The van der Waals surface area contributed by atoms with E-state index in [1.807, 2.05) is 6.07 Å². The van der Waals surface area contributed by atoms with Crippen LogP contribution in [0.15, 0.2) is 18.2 Å². The second-order valence-corrected chi connectivity index (χ2v) is 5.30. The molecule has 1 aromatic carbocycles. The Morgan fingerprint density at radius 2 is 2.00 bits per heavy atom. The number of hydrogen-bond donors (Lipinski definition) is 1. The van der Waals surface area contributed by atoms with E-state index in [4.69, 9.17) is 5.73 Å². The van der Waals surface area contributed by atoms with Crippen molar-refractivity contribution in [1.82, 2.24) is 0 Å². The third-order valence-corrected chi connectivity index (χ3v) is 4.27. The summed E-state index contributed by atoms with van der Waals surface area (Å²) in [6.07, 6.45) is 6.33. The van der Waals surface area contributed by atoms with Crippen LogP contribution in [0.2, 0.25) is 0 Å². The van der Waals surface area contributed by atoms with Crippen molar-refractivity contribution in [2.24, 2.45) is 5.92 Å². The number of rotatable bonds is 1. The summed E-state index contributed by atoms with van der Waals surface area (Å²) in [5.74, 6) is 0.609. The molecule has 1 aromatic rings. The number of hydrogen-bond acceptors (Lipinski definition) is 2. The van der Waals surface area contributed by atoms with Gasteiger partial charge in [-0.25, -0.2) is 4.39 Å². The van der Waals surface area contributed by atoms with Crippen LogP contribution in [0, 0.1) is 11.7 Å². The maximum Gasteiger partial charge on any atom is 0.148 e. The van der Waals surface area contributed by atoms with Gasteiger partial charge in [0.25, 0.3) is 0 Å². The molecule has 3 rings (SSSR count). The van der Waals surface area contributed by atoms with Crippen LogP contribution in [0.25, 0.3) is 0 Å². The van der Waals surface area contributed by atoms with Crippen molar-refractivity contribution in [3.8, 4) is 0 Å². The van der Waals surface area contributed by atoms with Crippen LogP contribution in [0.1, 0.15) is 32.1 Å². The number of piperidine rings is 1. The van der Waals surface area contributed by atoms with Crippen LogP contribution in [-0.2, 0) is 0 Å². The minimum absolute atomic E-state index is 0.169. The molecule has 2 fully saturated rings. The lowest BCUT2D eigenvalue weighted by Gasteiger charge is -2.39. The van der Waals surface area contributed by atoms with Crippen molar-refractivity contribution in [3.05, 3.63) is 24.0 Å². The summed E-state index contributed by atoms with van der Waals surface area (Å²) in [5.41, 5.74) is 6.86. The van der Waals surface area contributed by atoms with E-state index in [1.165, 1.54) is 38.2 Å². The Balaban J connectivity index is 1.91. The van der Waals surface area contributed by atoms with E-state index in [2.05, 4.69) is 4.90 Å². The minimum atomic E-state index is -0.169. The van der Waals surface area contributed by atoms with Gasteiger partial charge in [-0.1, -0.05) is 6.42 Å². The highest BCUT2D eigenvalue weighted by atomic mass is 19.1. The Kier molecular flexibility index (Phi) is 2.69. The quantitative estimate of drug-likeness (QED) is 0.756. The van der Waals surface area contributed by atoms with Crippen LogP contribution >= 0.6 is 0 Å². The second kappa shape index (κ2) is 4.21. The first kappa shape index (κ1) is 10.9. The maximum atomic E-state index is 14.0. The molecule has 0 amide bonds. The third kappa shape index (κ3) is 1.88. The Morgan fingerprint density at radius 3 is 2.82 bits per heavy atom. The molecule has 1 heterocycles. The number of nitrogens with two attached hydrogens (primary N) is 1. The Bertz CT molecular complexity index is 419. The molecule has 1 saturated carbocycles. The summed E-state index contributed by atoms with van der Waals surface area (Å²) in [6, 6.07) is 5.64. The molecule has 2 nitrogen and oxygen atoms in total. The van der Waals surface area contributed by atoms with Crippen molar-refractivity contribution in [3.63, 3.8) is 0 Å². The van der Waals surface area contributed by atoms with Crippen LogP contribution < -0.4 is 10.6 Å². The van der Waals surface area contributed by atoms with Crippen LogP contribution in [0.4, 0.5) is 15.8 Å². The molecule has 2 aliphatic rings. The van der Waals surface area contributed by atoms with Crippen molar-refractivity contribution in [2.75, 3.05) is 17.2 Å². The van der Waals surface area contributed by atoms with E-state index >= 15 is 0 Å². The van der Waals surface area contributed by atoms with Crippen molar-refractivity contribution in [1.29, 1.82) is 0 Å². The maximum absolute atomic E-state index is 14.0. The fourth-order valence-corrected chi connectivity index (χ4v) is 3.51. The lowest BCUT2D eigenvalue weighted by molar-refractivity contribution is 0.359. The third-order valence-electron chi connectivity index (χ3n) is 4.27. The molecule has 0 spiro atoms. The van der Waals surface area contributed by atoms with Gasteiger partial charge in [0.05, 0.1) is 5.69 Å². The molecule has 1 aliphatic carbocycles. The molecule has 1 aliphatic heterocycles. The van der Waals surface area contributed by atoms with E-state index in [0.717, 1.165) is 18.2 Å². The average Bonchev–Trinajstić information content (AvgIpc) is 2.77. The van der Waals surface area contributed by atoms with Gasteiger partial charge >= 0.3 is 0 Å². The van der Waals surface area contributed by atoms with E-state index < -0.39 is 0 Å². The normalized spacial score (nSPS) is 28.2. The monoisotopic (exact) mass is 234 g/mol. The minimum Gasteiger partial charge on any atom is -0.399 e. The Labute approximate surface area is 102 Å². The molecule has 0 aromatic heterocycles. The molecule has 17 heavy (non-hydrogen) atoms. The molecule has 2 N–H and O–H groups in total. The highest BCUT2D eigenvalue weighted by Gasteiger charge is 2.35. The number of nitrogen functional groups attached to an aromatic ring is 1. The lowest BCUT2D eigenvalue weighted by Crippen LogP contribution is -2.43. The van der Waals surface area contributed by atoms with Crippen LogP contribution in [-0.4, -0.2) is 12.6 Å². The fraction of sp³-hybridized carbons (Fsp3) is 0.571. The number of anilines is 2. The van der Waals surface area contributed by atoms with Gasteiger partial charge in [-0.2, -0.15) is 0 Å². The fourth-order valence-electron chi connectivity index (χ4n) is 3.51. The Hall–Kier alpha value is -1.25. The van der Waals surface area contributed by atoms with E-state index in [0.29, 0.717) is 11.7 Å². The first-order valence-electron chi connectivity index (χ1n) is 6.57. The molecular weight excluding hydrogens is 215 g/mol. The zero-order valence-corrected chi connectivity index (χ0v) is 10.0. The molecule has 92 valence electrons. The van der Waals surface area contributed by atoms with Gasteiger partial charge in [0, 0.05) is 18.3 Å². The van der Waals surface area contributed by atoms with Gasteiger partial charge in [0.1, 0.15) is 5.82 Å². The Morgan fingerprint density at radius 1 is 1.18 bits per heavy atom. The molecule has 2 atom stereocenters. The van der Waals surface area contributed by atoms with Gasteiger partial charge in [-0.3, -0.25) is 0 Å². The van der Waals surface area contributed by atoms with Crippen molar-refractivity contribution in [2.45, 2.75) is 38.1 Å². The molecule has 2 unspecified atom stereocenters. The van der Waals surface area contributed by atoms with E-state index in [9.17, 15) is 4.39 Å². The summed E-state index contributed by atoms with van der Waals surface area (Å²) >= 11 is 0. The highest BCUT2D eigenvalue weighted by molar-refractivity contribution is 5.55. The summed E-state index contributed by atoms with van der Waals surface area (Å²) in [7, 11) is 0. The first-order valence-corrected chi connectivity index (χ1v) is 6.57. The number of fused-ring (bicyclic) bond motifs is 1. The smallest absolute Gasteiger partial charge is 0.148 e. The predicted molar refractivity (Wildman–Crippen MR) is 68.5 cm³/mol. The number of nitrogens with zero attached hydrogens (tertiary/aromatic N) is 1. The molecule has 1 saturated heterocycles. The largest absolute Gasteiger partial charge is 0.399 e. The zero-order valence-electron chi connectivity index (χ0n) is 10.0. The van der Waals surface area contributed by atoms with Gasteiger partial charge in [-0.05, 0) is 49.8 Å². The molecule has 0 bridgehead atoms. The lowest BCUT2D eigenvalue weighted by atomic mass is 9.91.